The van der Waals surface area contributed by atoms with Crippen molar-refractivity contribution in [3.63, 3.8) is 0 Å². The zero-order valence-electron chi connectivity index (χ0n) is 14.1. The first-order chi connectivity index (χ1) is 11.6. The molecule has 2 N–H and O–H groups in total. The number of aromatic hydroxyl groups is 1. The predicted octanol–water partition coefficient (Wildman–Crippen LogP) is 3.04. The van der Waals surface area contributed by atoms with E-state index in [2.05, 4.69) is 36.2 Å². The Kier molecular flexibility index (Phi) is 4.84. The maximum Gasteiger partial charge on any atom is 0.115 e. The minimum Gasteiger partial charge on any atom is -0.508 e. The molecule has 0 unspecified atom stereocenters. The van der Waals surface area contributed by atoms with Crippen molar-refractivity contribution in [2.45, 2.75) is 32.0 Å². The molecule has 2 aromatic carbocycles. The lowest BCUT2D eigenvalue weighted by Gasteiger charge is -2.43. The van der Waals surface area contributed by atoms with Crippen LogP contribution in [0.15, 0.2) is 48.5 Å². The molecule has 1 aliphatic heterocycles. The largest absolute Gasteiger partial charge is 0.508 e. The second-order valence-corrected chi connectivity index (χ2v) is 6.59. The molecule has 0 radical (unpaired) electrons. The van der Waals surface area contributed by atoms with E-state index in [1.807, 2.05) is 36.4 Å². The quantitative estimate of drug-likeness (QED) is 0.912. The average molecular weight is 321 g/mol. The molecule has 0 aromatic heterocycles. The fraction of sp³-hybridized carbons (Fsp3) is 0.350. The van der Waals surface area contributed by atoms with E-state index in [0.29, 0.717) is 17.6 Å². The number of nitriles is 1. The van der Waals surface area contributed by atoms with Gasteiger partial charge in [-0.15, -0.1) is 0 Å². The van der Waals surface area contributed by atoms with E-state index in [-0.39, 0.29) is 11.8 Å². The molecule has 0 bridgehead atoms. The van der Waals surface area contributed by atoms with Crippen LogP contribution in [0.4, 0.5) is 0 Å². The van der Waals surface area contributed by atoms with Crippen LogP contribution in [0.25, 0.3) is 0 Å². The Morgan fingerprint density at radius 3 is 2.58 bits per heavy atom. The summed E-state index contributed by atoms with van der Waals surface area (Å²) in [6, 6.07) is 18.3. The maximum absolute atomic E-state index is 9.93. The van der Waals surface area contributed by atoms with E-state index < -0.39 is 0 Å². The van der Waals surface area contributed by atoms with Gasteiger partial charge in [0.25, 0.3) is 0 Å². The van der Waals surface area contributed by atoms with Crippen molar-refractivity contribution in [1.29, 1.82) is 5.26 Å². The fourth-order valence-electron chi connectivity index (χ4n) is 3.42. The molecule has 0 saturated carbocycles. The molecule has 3 rings (SSSR count). The molecule has 2 aromatic rings. The van der Waals surface area contributed by atoms with Gasteiger partial charge in [-0.25, -0.2) is 0 Å². The summed E-state index contributed by atoms with van der Waals surface area (Å²) in [6.45, 7) is 6.28. The predicted molar refractivity (Wildman–Crippen MR) is 94.7 cm³/mol. The number of piperazine rings is 1. The second-order valence-electron chi connectivity index (χ2n) is 6.59. The molecule has 0 amide bonds. The summed E-state index contributed by atoms with van der Waals surface area (Å²) < 4.78 is 0. The number of hydrogen-bond acceptors (Lipinski definition) is 4. The van der Waals surface area contributed by atoms with Gasteiger partial charge < -0.3 is 10.4 Å². The van der Waals surface area contributed by atoms with Crippen LogP contribution in [0.3, 0.4) is 0 Å². The van der Waals surface area contributed by atoms with Gasteiger partial charge in [0, 0.05) is 25.2 Å². The van der Waals surface area contributed by atoms with Gasteiger partial charge in [0.15, 0.2) is 0 Å². The molecule has 1 saturated heterocycles. The molecule has 1 aliphatic rings. The molecule has 4 nitrogen and oxygen atoms in total. The molecule has 124 valence electrons. The van der Waals surface area contributed by atoms with Gasteiger partial charge in [0.05, 0.1) is 17.7 Å². The highest BCUT2D eigenvalue weighted by Gasteiger charge is 2.31. The van der Waals surface area contributed by atoms with Crippen LogP contribution in [0, 0.1) is 11.3 Å². The molecule has 1 fully saturated rings. The summed E-state index contributed by atoms with van der Waals surface area (Å²) in [5, 5.41) is 22.5. The van der Waals surface area contributed by atoms with Gasteiger partial charge in [-0.3, -0.25) is 4.90 Å². The Morgan fingerprint density at radius 2 is 1.92 bits per heavy atom. The highest BCUT2D eigenvalue weighted by molar-refractivity contribution is 5.39. The van der Waals surface area contributed by atoms with Crippen molar-refractivity contribution in [2.24, 2.45) is 0 Å². The molecular weight excluding hydrogens is 298 g/mol. The van der Waals surface area contributed by atoms with E-state index in [1.54, 1.807) is 6.07 Å². The topological polar surface area (TPSA) is 59.3 Å². The van der Waals surface area contributed by atoms with Crippen LogP contribution >= 0.6 is 0 Å². The Morgan fingerprint density at radius 1 is 1.17 bits per heavy atom. The SMILES string of the molecule is C[C@@H]1CN([C@H](c2ccc(C#N)cc2)c2cccc(O)c2)[C@@H](C)CN1. The van der Waals surface area contributed by atoms with Crippen LogP contribution in [-0.4, -0.2) is 35.2 Å². The summed E-state index contributed by atoms with van der Waals surface area (Å²) in [5.74, 6) is 0.280. The summed E-state index contributed by atoms with van der Waals surface area (Å²) in [7, 11) is 0. The number of rotatable bonds is 3. The monoisotopic (exact) mass is 321 g/mol. The van der Waals surface area contributed by atoms with E-state index in [1.165, 1.54) is 0 Å². The number of nitrogens with zero attached hydrogens (tertiary/aromatic N) is 2. The molecule has 3 atom stereocenters. The van der Waals surface area contributed by atoms with Gasteiger partial charge in [-0.2, -0.15) is 5.26 Å². The Hall–Kier alpha value is -2.35. The normalized spacial score (nSPS) is 22.7. The Balaban J connectivity index is 2.04. The molecule has 24 heavy (non-hydrogen) atoms. The fourth-order valence-corrected chi connectivity index (χ4v) is 3.42. The number of phenols is 1. The van der Waals surface area contributed by atoms with Crippen molar-refractivity contribution in [3.05, 3.63) is 65.2 Å². The van der Waals surface area contributed by atoms with E-state index >= 15 is 0 Å². The van der Waals surface area contributed by atoms with E-state index in [4.69, 9.17) is 5.26 Å². The van der Waals surface area contributed by atoms with Crippen LogP contribution in [0.2, 0.25) is 0 Å². The van der Waals surface area contributed by atoms with Crippen LogP contribution < -0.4 is 5.32 Å². The van der Waals surface area contributed by atoms with Gasteiger partial charge in [-0.1, -0.05) is 24.3 Å². The number of hydrogen-bond donors (Lipinski definition) is 2. The van der Waals surface area contributed by atoms with Crippen LogP contribution in [0.5, 0.6) is 5.75 Å². The summed E-state index contributed by atoms with van der Waals surface area (Å²) in [4.78, 5) is 2.47. The molecule has 4 heteroatoms. The van der Waals surface area contributed by atoms with Crippen molar-refractivity contribution in [2.75, 3.05) is 13.1 Å². The van der Waals surface area contributed by atoms with Crippen molar-refractivity contribution in [3.8, 4) is 11.8 Å². The van der Waals surface area contributed by atoms with Gasteiger partial charge in [-0.05, 0) is 49.2 Å². The minimum atomic E-state index is 0.0596. The van der Waals surface area contributed by atoms with Gasteiger partial charge in [0.2, 0.25) is 0 Å². The smallest absolute Gasteiger partial charge is 0.115 e. The summed E-state index contributed by atoms with van der Waals surface area (Å²) in [5.41, 5.74) is 2.87. The highest BCUT2D eigenvalue weighted by atomic mass is 16.3. The first kappa shape index (κ1) is 16.5. The molecule has 0 spiro atoms. The Bertz CT molecular complexity index is 735. The van der Waals surface area contributed by atoms with Gasteiger partial charge >= 0.3 is 0 Å². The zero-order chi connectivity index (χ0) is 17.1. The standard InChI is InChI=1S/C20H23N3O/c1-14-13-23(15(2)12-22-14)20(18-4-3-5-19(24)10-18)17-8-6-16(11-21)7-9-17/h3-10,14-15,20,22,24H,12-13H2,1-2H3/t14-,15+,20-/m1/s1. The third-order valence-electron chi connectivity index (χ3n) is 4.69. The lowest BCUT2D eigenvalue weighted by molar-refractivity contribution is 0.113. The van der Waals surface area contributed by atoms with Crippen molar-refractivity contribution >= 4 is 0 Å². The first-order valence-corrected chi connectivity index (χ1v) is 8.36. The third-order valence-corrected chi connectivity index (χ3v) is 4.69. The Labute approximate surface area is 143 Å². The average Bonchev–Trinajstić information content (AvgIpc) is 2.59. The van der Waals surface area contributed by atoms with E-state index in [0.717, 1.165) is 24.2 Å². The zero-order valence-corrected chi connectivity index (χ0v) is 14.1. The summed E-state index contributed by atoms with van der Waals surface area (Å²) in [6.07, 6.45) is 0. The maximum atomic E-state index is 9.93. The van der Waals surface area contributed by atoms with Crippen molar-refractivity contribution < 1.29 is 5.11 Å². The second kappa shape index (κ2) is 7.04. The number of benzene rings is 2. The van der Waals surface area contributed by atoms with E-state index in [9.17, 15) is 5.11 Å². The van der Waals surface area contributed by atoms with Crippen molar-refractivity contribution in [1.82, 2.24) is 10.2 Å². The molecule has 1 heterocycles. The lowest BCUT2D eigenvalue weighted by atomic mass is 9.93. The molecule has 0 aliphatic carbocycles. The lowest BCUT2D eigenvalue weighted by Crippen LogP contribution is -2.55. The van der Waals surface area contributed by atoms with Gasteiger partial charge in [0.1, 0.15) is 5.75 Å². The minimum absolute atomic E-state index is 0.0596. The number of nitrogens with one attached hydrogen (secondary N) is 1. The first-order valence-electron chi connectivity index (χ1n) is 8.36. The summed E-state index contributed by atoms with van der Waals surface area (Å²) >= 11 is 0. The van der Waals surface area contributed by atoms with Crippen LogP contribution in [0.1, 0.15) is 36.6 Å². The third kappa shape index (κ3) is 3.43. The number of phenolic OH excluding ortho intramolecular Hbond substituents is 1. The van der Waals surface area contributed by atoms with Crippen LogP contribution in [-0.2, 0) is 0 Å². The highest BCUT2D eigenvalue weighted by Crippen LogP contribution is 2.33. The molecular formula is C20H23N3O.